The molecule has 1 nitrogen and oxygen atoms in total. The second kappa shape index (κ2) is 13.3. The third kappa shape index (κ3) is 13.6. The molecule has 0 rings (SSSR count). The van der Waals surface area contributed by atoms with E-state index in [2.05, 4.69) is 6.92 Å². The Bertz CT molecular complexity index is 78.9. The molecule has 0 bridgehead atoms. The van der Waals surface area contributed by atoms with Crippen LogP contribution in [-0.4, -0.2) is 6.29 Å². The summed E-state index contributed by atoms with van der Waals surface area (Å²) < 4.78 is 0. The Morgan fingerprint density at radius 2 is 1.64 bits per heavy atom. The van der Waals surface area contributed by atoms with Crippen LogP contribution in [0, 0.1) is 0 Å². The molecule has 0 aromatic carbocycles. The van der Waals surface area contributed by atoms with Crippen molar-refractivity contribution in [3.8, 4) is 0 Å². The molecule has 62 valence electrons. The third-order valence-corrected chi connectivity index (χ3v) is 1.68. The van der Waals surface area contributed by atoms with Crippen LogP contribution in [0.25, 0.3) is 0 Å². The normalized spacial score (nSPS) is 8.82. The minimum atomic E-state index is 0. The van der Waals surface area contributed by atoms with Crippen LogP contribution in [-0.2, 0) is 4.79 Å². The smallest absolute Gasteiger partial charge is 1.00 e. The molecule has 0 saturated carbocycles. The van der Waals surface area contributed by atoms with E-state index in [0.29, 0.717) is 0 Å². The largest absolute Gasteiger partial charge is 1.00 e. The molecule has 0 unspecified atom stereocenters. The molecule has 0 spiro atoms. The average Bonchev–Trinajstić information content (AvgIpc) is 1.97. The van der Waals surface area contributed by atoms with E-state index in [1.54, 1.807) is 0 Å². The summed E-state index contributed by atoms with van der Waals surface area (Å²) in [4.78, 5) is 9.89. The van der Waals surface area contributed by atoms with Gasteiger partial charge in [0, 0.05) is 6.42 Å². The summed E-state index contributed by atoms with van der Waals surface area (Å²) in [5.74, 6) is 0. The Balaban J connectivity index is -0.000000405. The van der Waals surface area contributed by atoms with Crippen molar-refractivity contribution in [3.05, 3.63) is 0 Å². The first kappa shape index (κ1) is 14.2. The number of carbonyl (C=O) groups is 1. The SMILES string of the molecule is CCCCCCCCC=O.[H-].[Na+]. The Morgan fingerprint density at radius 1 is 1.09 bits per heavy atom. The van der Waals surface area contributed by atoms with Crippen LogP contribution in [0.5, 0.6) is 0 Å². The zero-order valence-electron chi connectivity index (χ0n) is 8.94. The van der Waals surface area contributed by atoms with Gasteiger partial charge in [0.15, 0.2) is 0 Å². The first-order chi connectivity index (χ1) is 4.91. The van der Waals surface area contributed by atoms with Crippen molar-refractivity contribution in [1.29, 1.82) is 0 Å². The van der Waals surface area contributed by atoms with Crippen molar-refractivity contribution in [2.24, 2.45) is 0 Å². The minimum Gasteiger partial charge on any atom is -1.00 e. The summed E-state index contributed by atoms with van der Waals surface area (Å²) in [6.07, 6.45) is 9.39. The van der Waals surface area contributed by atoms with Gasteiger partial charge in [-0.2, -0.15) is 0 Å². The fraction of sp³-hybridized carbons (Fsp3) is 0.889. The maximum atomic E-state index is 9.89. The van der Waals surface area contributed by atoms with E-state index in [0.717, 1.165) is 19.1 Å². The maximum absolute atomic E-state index is 9.89. The molecule has 0 heterocycles. The molecule has 0 radical (unpaired) electrons. The first-order valence-electron chi connectivity index (χ1n) is 4.35. The second-order valence-corrected chi connectivity index (χ2v) is 2.72. The predicted molar refractivity (Wildman–Crippen MR) is 45.2 cm³/mol. The Kier molecular flexibility index (Phi) is 17.1. The van der Waals surface area contributed by atoms with Gasteiger partial charge in [0.1, 0.15) is 6.29 Å². The fourth-order valence-corrected chi connectivity index (χ4v) is 1.01. The van der Waals surface area contributed by atoms with Gasteiger partial charge in [-0.15, -0.1) is 0 Å². The van der Waals surface area contributed by atoms with Crippen molar-refractivity contribution in [2.45, 2.75) is 51.9 Å². The van der Waals surface area contributed by atoms with Crippen molar-refractivity contribution in [3.63, 3.8) is 0 Å². The molecule has 0 aliphatic rings. The van der Waals surface area contributed by atoms with Gasteiger partial charge in [-0.3, -0.25) is 0 Å². The molecule has 0 aliphatic carbocycles. The van der Waals surface area contributed by atoms with E-state index < -0.39 is 0 Å². The molecule has 0 N–H and O–H groups in total. The van der Waals surface area contributed by atoms with Crippen molar-refractivity contribution < 1.29 is 35.8 Å². The van der Waals surface area contributed by atoms with Gasteiger partial charge in [-0.1, -0.05) is 39.0 Å². The number of aldehydes is 1. The van der Waals surface area contributed by atoms with Crippen molar-refractivity contribution in [1.82, 2.24) is 0 Å². The average molecular weight is 166 g/mol. The van der Waals surface area contributed by atoms with Crippen LogP contribution in [0.2, 0.25) is 0 Å². The van der Waals surface area contributed by atoms with Crippen molar-refractivity contribution in [2.75, 3.05) is 0 Å². The predicted octanol–water partition coefficient (Wildman–Crippen LogP) is 0.0524. The summed E-state index contributed by atoms with van der Waals surface area (Å²) >= 11 is 0. The molecule has 11 heavy (non-hydrogen) atoms. The number of hydrogen-bond donors (Lipinski definition) is 0. The van der Waals surface area contributed by atoms with Gasteiger partial charge in [-0.05, 0) is 6.42 Å². The summed E-state index contributed by atoms with van der Waals surface area (Å²) in [7, 11) is 0. The summed E-state index contributed by atoms with van der Waals surface area (Å²) in [5, 5.41) is 0. The van der Waals surface area contributed by atoms with Crippen molar-refractivity contribution >= 4 is 6.29 Å². The second-order valence-electron chi connectivity index (χ2n) is 2.72. The molecular weight excluding hydrogens is 147 g/mol. The van der Waals surface area contributed by atoms with E-state index >= 15 is 0 Å². The van der Waals surface area contributed by atoms with Gasteiger partial charge in [0.25, 0.3) is 0 Å². The zero-order valence-corrected chi connectivity index (χ0v) is 9.94. The maximum Gasteiger partial charge on any atom is 1.00 e. The van der Waals surface area contributed by atoms with Gasteiger partial charge in [-0.25, -0.2) is 0 Å². The molecule has 0 amide bonds. The van der Waals surface area contributed by atoms with Gasteiger partial charge < -0.3 is 6.22 Å². The van der Waals surface area contributed by atoms with E-state index in [4.69, 9.17) is 0 Å². The Hall–Kier alpha value is 0.670. The number of unbranched alkanes of at least 4 members (excludes halogenated alkanes) is 6. The van der Waals surface area contributed by atoms with Gasteiger partial charge in [0.05, 0.1) is 0 Å². The van der Waals surface area contributed by atoms with Crippen LogP contribution in [0.1, 0.15) is 53.3 Å². The molecule has 0 fully saturated rings. The van der Waals surface area contributed by atoms with Crippen LogP contribution in [0.3, 0.4) is 0 Å². The quantitative estimate of drug-likeness (QED) is 0.297. The summed E-state index contributed by atoms with van der Waals surface area (Å²) in [6.45, 7) is 2.21. The Labute approximate surface area is 93.7 Å². The molecular formula is C9H19NaO. The first-order valence-corrected chi connectivity index (χ1v) is 4.35. The van der Waals surface area contributed by atoms with Crippen LogP contribution < -0.4 is 29.6 Å². The molecule has 0 atom stereocenters. The van der Waals surface area contributed by atoms with Gasteiger partial charge >= 0.3 is 29.6 Å². The molecule has 0 aromatic rings. The van der Waals surface area contributed by atoms with Crippen LogP contribution in [0.15, 0.2) is 0 Å². The van der Waals surface area contributed by atoms with E-state index in [9.17, 15) is 4.79 Å². The molecule has 0 aromatic heterocycles. The van der Waals surface area contributed by atoms with Crippen LogP contribution >= 0.6 is 0 Å². The molecule has 2 heteroatoms. The van der Waals surface area contributed by atoms with E-state index in [1.165, 1.54) is 32.1 Å². The number of hydrogen-bond acceptors (Lipinski definition) is 1. The molecule has 0 aliphatic heterocycles. The third-order valence-electron chi connectivity index (χ3n) is 1.68. The number of carbonyl (C=O) groups excluding carboxylic acids is 1. The molecule has 0 saturated heterocycles. The zero-order chi connectivity index (χ0) is 7.66. The topological polar surface area (TPSA) is 17.1 Å². The summed E-state index contributed by atoms with van der Waals surface area (Å²) in [5.41, 5.74) is 0. The van der Waals surface area contributed by atoms with E-state index in [-0.39, 0.29) is 31.0 Å². The standard InChI is InChI=1S/C9H18O.Na.H/c1-2-3-4-5-6-7-8-9-10;;/h9H,2-8H2,1H3;;/q;+1;-1. The monoisotopic (exact) mass is 166 g/mol. The van der Waals surface area contributed by atoms with Crippen LogP contribution in [0.4, 0.5) is 0 Å². The van der Waals surface area contributed by atoms with E-state index in [1.807, 2.05) is 0 Å². The fourth-order valence-electron chi connectivity index (χ4n) is 1.01. The minimum absolute atomic E-state index is 0. The van der Waals surface area contributed by atoms with Gasteiger partial charge in [0.2, 0.25) is 0 Å². The Morgan fingerprint density at radius 3 is 2.18 bits per heavy atom. The number of rotatable bonds is 7. The summed E-state index contributed by atoms with van der Waals surface area (Å²) in [6, 6.07) is 0.